The summed E-state index contributed by atoms with van der Waals surface area (Å²) in [5, 5.41) is 0.471. The van der Waals surface area contributed by atoms with E-state index < -0.39 is 19.5 Å². The van der Waals surface area contributed by atoms with Crippen LogP contribution < -0.4 is 28.6 Å². The standard InChI is InChI=1S/C30H25O8P/c1-4-28(31)35-26-20-27(30(36-29(32)5-2)24-18-17-23(34-6-3)19-25(24)26)39(33,37-21-13-9-7-10-14-21)38-22-15-11-8-12-16-22/h4-5,7-20H,1-2,6H2,3H3. The van der Waals surface area contributed by atoms with Gasteiger partial charge in [-0.15, -0.1) is 0 Å². The first-order chi connectivity index (χ1) is 18.9. The van der Waals surface area contributed by atoms with Gasteiger partial charge in [-0.2, -0.15) is 0 Å². The third-order valence-corrected chi connectivity index (χ3v) is 7.12. The number of benzene rings is 4. The number of hydrogen-bond donors (Lipinski definition) is 0. The van der Waals surface area contributed by atoms with Crippen molar-refractivity contribution in [2.24, 2.45) is 0 Å². The minimum Gasteiger partial charge on any atom is -0.494 e. The maximum absolute atomic E-state index is 14.7. The topological polar surface area (TPSA) is 97.4 Å². The molecule has 0 unspecified atom stereocenters. The van der Waals surface area contributed by atoms with Gasteiger partial charge in [0.25, 0.3) is 0 Å². The van der Waals surface area contributed by atoms with Gasteiger partial charge in [-0.05, 0) is 49.4 Å². The van der Waals surface area contributed by atoms with Crippen LogP contribution in [0, 0.1) is 0 Å². The van der Waals surface area contributed by atoms with E-state index in [4.69, 9.17) is 23.3 Å². The molecule has 0 heterocycles. The van der Waals surface area contributed by atoms with Crippen LogP contribution in [0.4, 0.5) is 0 Å². The number of fused-ring (bicyclic) bond motifs is 1. The zero-order valence-corrected chi connectivity index (χ0v) is 22.0. The van der Waals surface area contributed by atoms with Gasteiger partial charge < -0.3 is 23.3 Å². The van der Waals surface area contributed by atoms with Gasteiger partial charge in [0.2, 0.25) is 0 Å². The summed E-state index contributed by atoms with van der Waals surface area (Å²) in [5.74, 6) is -0.761. The molecule has 0 saturated heterocycles. The van der Waals surface area contributed by atoms with Crippen molar-refractivity contribution in [1.29, 1.82) is 0 Å². The van der Waals surface area contributed by atoms with E-state index in [0.29, 0.717) is 17.7 Å². The molecule has 4 aromatic rings. The first-order valence-electron chi connectivity index (χ1n) is 11.9. The Balaban J connectivity index is 2.04. The van der Waals surface area contributed by atoms with Crippen molar-refractivity contribution in [3.05, 3.63) is 110 Å². The molecule has 0 fully saturated rings. The Bertz CT molecular complexity index is 1520. The van der Waals surface area contributed by atoms with Crippen molar-refractivity contribution in [3.63, 3.8) is 0 Å². The van der Waals surface area contributed by atoms with Crippen LogP contribution in [0.25, 0.3) is 10.8 Å². The molecule has 0 amide bonds. The maximum atomic E-state index is 14.7. The number of carbonyl (C=O) groups excluding carboxylic acids is 2. The summed E-state index contributed by atoms with van der Waals surface area (Å²) >= 11 is 0. The highest BCUT2D eigenvalue weighted by Gasteiger charge is 2.38. The molecule has 4 aromatic carbocycles. The van der Waals surface area contributed by atoms with E-state index in [1.807, 2.05) is 6.92 Å². The van der Waals surface area contributed by atoms with Crippen molar-refractivity contribution in [2.45, 2.75) is 6.92 Å². The van der Waals surface area contributed by atoms with Gasteiger partial charge in [0.15, 0.2) is 5.75 Å². The highest BCUT2D eigenvalue weighted by molar-refractivity contribution is 7.63. The van der Waals surface area contributed by atoms with Crippen LogP contribution in [0.2, 0.25) is 0 Å². The quantitative estimate of drug-likeness (QED) is 0.0927. The van der Waals surface area contributed by atoms with E-state index in [9.17, 15) is 14.2 Å². The molecule has 0 atom stereocenters. The molecule has 9 heteroatoms. The maximum Gasteiger partial charge on any atom is 0.466 e. The van der Waals surface area contributed by atoms with E-state index in [1.165, 1.54) is 6.07 Å². The predicted octanol–water partition coefficient (Wildman–Crippen LogP) is 6.40. The summed E-state index contributed by atoms with van der Waals surface area (Å²) in [4.78, 5) is 24.8. The average Bonchev–Trinajstić information content (AvgIpc) is 2.95. The number of esters is 2. The zero-order chi connectivity index (χ0) is 27.8. The number of hydrogen-bond acceptors (Lipinski definition) is 8. The van der Waals surface area contributed by atoms with Crippen LogP contribution in [0.5, 0.6) is 28.7 Å². The van der Waals surface area contributed by atoms with E-state index in [1.54, 1.807) is 78.9 Å². The minimum atomic E-state index is -4.39. The van der Waals surface area contributed by atoms with Crippen LogP contribution in [-0.2, 0) is 14.2 Å². The van der Waals surface area contributed by atoms with Gasteiger partial charge >= 0.3 is 19.5 Å². The molecule has 0 aliphatic rings. The molecule has 0 bridgehead atoms. The summed E-state index contributed by atoms with van der Waals surface area (Å²) in [6.45, 7) is 9.12. The van der Waals surface area contributed by atoms with Crippen LogP contribution in [0.1, 0.15) is 6.92 Å². The second-order valence-corrected chi connectivity index (χ2v) is 9.76. The van der Waals surface area contributed by atoms with Gasteiger partial charge in [-0.25, -0.2) is 14.2 Å². The van der Waals surface area contributed by atoms with Gasteiger partial charge in [0.05, 0.1) is 6.61 Å². The van der Waals surface area contributed by atoms with Crippen LogP contribution in [-0.4, -0.2) is 18.5 Å². The molecule has 0 spiro atoms. The van der Waals surface area contributed by atoms with Crippen LogP contribution in [0.3, 0.4) is 0 Å². The number of carbonyl (C=O) groups is 2. The third-order valence-electron chi connectivity index (χ3n) is 5.29. The Kier molecular flexibility index (Phi) is 8.49. The molecular weight excluding hydrogens is 519 g/mol. The fourth-order valence-electron chi connectivity index (χ4n) is 3.63. The Hall–Kier alpha value is -4.81. The Morgan fingerprint density at radius 1 is 0.744 bits per heavy atom. The molecule has 39 heavy (non-hydrogen) atoms. The normalized spacial score (nSPS) is 10.8. The summed E-state index contributed by atoms with van der Waals surface area (Å²) in [7, 11) is -4.39. The second-order valence-electron chi connectivity index (χ2n) is 7.92. The van der Waals surface area contributed by atoms with Crippen molar-refractivity contribution < 1.29 is 37.4 Å². The van der Waals surface area contributed by atoms with Crippen molar-refractivity contribution in [2.75, 3.05) is 6.61 Å². The number of rotatable bonds is 11. The molecule has 0 aliphatic heterocycles. The molecule has 198 valence electrons. The molecule has 0 saturated carbocycles. The largest absolute Gasteiger partial charge is 0.494 e. The Labute approximate surface area is 225 Å². The number of ether oxygens (including phenoxy) is 3. The molecular formula is C30H25O8P. The highest BCUT2D eigenvalue weighted by Crippen LogP contribution is 2.52. The Morgan fingerprint density at radius 2 is 1.31 bits per heavy atom. The van der Waals surface area contributed by atoms with Gasteiger partial charge in [-0.1, -0.05) is 49.6 Å². The lowest BCUT2D eigenvalue weighted by Gasteiger charge is -2.23. The molecule has 0 radical (unpaired) electrons. The van der Waals surface area contributed by atoms with Gasteiger partial charge in [0.1, 0.15) is 28.3 Å². The second kappa shape index (κ2) is 12.2. The van der Waals surface area contributed by atoms with Crippen molar-refractivity contribution in [3.8, 4) is 28.7 Å². The van der Waals surface area contributed by atoms with Crippen molar-refractivity contribution >= 4 is 35.6 Å². The van der Waals surface area contributed by atoms with E-state index in [0.717, 1.165) is 12.2 Å². The summed E-state index contributed by atoms with van der Waals surface area (Å²) in [5.41, 5.74) is 0. The smallest absolute Gasteiger partial charge is 0.466 e. The van der Waals surface area contributed by atoms with Gasteiger partial charge in [-0.3, -0.25) is 0 Å². The summed E-state index contributed by atoms with van der Waals surface area (Å²) in [6.07, 6.45) is 1.96. The zero-order valence-electron chi connectivity index (χ0n) is 21.1. The van der Waals surface area contributed by atoms with Crippen molar-refractivity contribution in [1.82, 2.24) is 0 Å². The first-order valence-corrected chi connectivity index (χ1v) is 13.4. The average molecular weight is 544 g/mol. The molecule has 8 nitrogen and oxygen atoms in total. The minimum absolute atomic E-state index is 0.00148. The van der Waals surface area contributed by atoms with Gasteiger partial charge in [0, 0.05) is 29.0 Å². The lowest BCUT2D eigenvalue weighted by Crippen LogP contribution is -2.21. The third kappa shape index (κ3) is 6.37. The highest BCUT2D eigenvalue weighted by atomic mass is 31.2. The lowest BCUT2D eigenvalue weighted by atomic mass is 10.1. The SMILES string of the molecule is C=CC(=O)Oc1cc(P(=O)(Oc2ccccc2)Oc2ccccc2)c(OC(=O)C=C)c2ccc(OCC)cc12. The molecule has 4 rings (SSSR count). The lowest BCUT2D eigenvalue weighted by molar-refractivity contribution is -0.129. The summed E-state index contributed by atoms with van der Waals surface area (Å²) in [6, 6.07) is 22.9. The monoisotopic (exact) mass is 544 g/mol. The van der Waals surface area contributed by atoms with E-state index in [2.05, 4.69) is 13.2 Å². The molecule has 0 aliphatic carbocycles. The predicted molar refractivity (Wildman–Crippen MR) is 148 cm³/mol. The summed E-state index contributed by atoms with van der Waals surface area (Å²) < 4.78 is 43.4. The molecule has 0 N–H and O–H groups in total. The van der Waals surface area contributed by atoms with E-state index >= 15 is 0 Å². The van der Waals surface area contributed by atoms with Crippen LogP contribution in [0.15, 0.2) is 110 Å². The fourth-order valence-corrected chi connectivity index (χ4v) is 5.35. The number of para-hydroxylation sites is 2. The molecule has 0 aromatic heterocycles. The Morgan fingerprint density at radius 3 is 1.85 bits per heavy atom. The van der Waals surface area contributed by atoms with Crippen LogP contribution >= 0.6 is 7.60 Å². The van der Waals surface area contributed by atoms with E-state index in [-0.39, 0.29) is 33.7 Å². The first kappa shape index (κ1) is 27.2. The fraction of sp³-hybridized carbons (Fsp3) is 0.0667.